The number of hydrogen-bond acceptors (Lipinski definition) is 10. The van der Waals surface area contributed by atoms with Crippen LogP contribution in [0.4, 0.5) is 24.9 Å². The molecule has 2 aromatic rings. The maximum Gasteiger partial charge on any atom is 0.423 e. The lowest BCUT2D eigenvalue weighted by atomic mass is 9.97. The van der Waals surface area contributed by atoms with E-state index < -0.39 is 33.8 Å². The van der Waals surface area contributed by atoms with Crippen molar-refractivity contribution in [1.29, 1.82) is 0 Å². The summed E-state index contributed by atoms with van der Waals surface area (Å²) < 4.78 is 63.5. The Balaban J connectivity index is 1.57. The lowest BCUT2D eigenvalue weighted by Gasteiger charge is -2.34. The van der Waals surface area contributed by atoms with Gasteiger partial charge in [-0.25, -0.2) is 23.4 Å². The maximum absolute atomic E-state index is 13.0. The van der Waals surface area contributed by atoms with E-state index in [0.717, 1.165) is 18.6 Å². The van der Waals surface area contributed by atoms with E-state index >= 15 is 0 Å². The quantitative estimate of drug-likeness (QED) is 0.382. The Morgan fingerprint density at radius 1 is 1.06 bits per heavy atom. The summed E-state index contributed by atoms with van der Waals surface area (Å²) >= 11 is 0. The van der Waals surface area contributed by atoms with Crippen molar-refractivity contribution in [1.82, 2.24) is 19.9 Å². The van der Waals surface area contributed by atoms with E-state index in [4.69, 9.17) is 10.8 Å². The molecule has 1 unspecified atom stereocenters. The Labute approximate surface area is 187 Å². The van der Waals surface area contributed by atoms with Crippen molar-refractivity contribution in [2.75, 3.05) is 50.0 Å². The molecule has 0 bridgehead atoms. The summed E-state index contributed by atoms with van der Waals surface area (Å²) in [6.07, 6.45) is -2.28. The first kappa shape index (κ1) is 24.6. The number of pyridine rings is 1. The van der Waals surface area contributed by atoms with Crippen LogP contribution in [0.2, 0.25) is 0 Å². The van der Waals surface area contributed by atoms with Crippen molar-refractivity contribution < 1.29 is 31.8 Å². The van der Waals surface area contributed by atoms with Crippen LogP contribution < -0.4 is 10.6 Å². The minimum absolute atomic E-state index is 0.0479. The number of rotatable bonds is 5. The largest absolute Gasteiger partial charge is 0.423 e. The van der Waals surface area contributed by atoms with Gasteiger partial charge in [0, 0.05) is 55.6 Å². The molecule has 0 aromatic carbocycles. The minimum atomic E-state index is -5.09. The van der Waals surface area contributed by atoms with E-state index in [-0.39, 0.29) is 23.2 Å². The summed E-state index contributed by atoms with van der Waals surface area (Å²) in [4.78, 5) is 15.1. The Kier molecular flexibility index (Phi) is 7.08. The smallest absolute Gasteiger partial charge is 0.393 e. The number of piperazine rings is 1. The summed E-state index contributed by atoms with van der Waals surface area (Å²) in [7, 11) is -3.82. The molecule has 14 heteroatoms. The first-order valence-electron chi connectivity index (χ1n) is 9.62. The molecule has 0 saturated carbocycles. The average molecular weight is 486 g/mol. The fourth-order valence-corrected chi connectivity index (χ4v) is 3.81. The normalized spacial score (nSPS) is 17.2. The number of halogens is 3. The number of sulfone groups is 1. The van der Waals surface area contributed by atoms with Crippen LogP contribution in [0, 0.1) is 11.2 Å². The van der Waals surface area contributed by atoms with Crippen molar-refractivity contribution in [2.45, 2.75) is 16.7 Å². The molecule has 0 spiro atoms. The lowest BCUT2D eigenvalue weighted by molar-refractivity contribution is -0.277. The number of aliphatic hydroxyl groups excluding tert-OH is 1. The highest BCUT2D eigenvalue weighted by Gasteiger charge is 2.55. The maximum atomic E-state index is 13.0. The van der Waals surface area contributed by atoms with Crippen LogP contribution in [-0.2, 0) is 15.4 Å². The van der Waals surface area contributed by atoms with Crippen LogP contribution >= 0.6 is 0 Å². The lowest BCUT2D eigenvalue weighted by Crippen LogP contribution is -2.47. The zero-order chi connectivity index (χ0) is 24.3. The predicted octanol–water partition coefficient (Wildman–Crippen LogP) is -0.247. The summed E-state index contributed by atoms with van der Waals surface area (Å²) in [6, 6.07) is 2.70. The van der Waals surface area contributed by atoms with E-state index in [1.165, 1.54) is 12.1 Å². The summed E-state index contributed by atoms with van der Waals surface area (Å²) in [5, 5.41) is 21.0. The molecule has 178 valence electrons. The van der Waals surface area contributed by atoms with Crippen LogP contribution in [0.25, 0.3) is 0 Å². The van der Waals surface area contributed by atoms with E-state index in [1.807, 2.05) is 4.90 Å². The van der Waals surface area contributed by atoms with Gasteiger partial charge in [0.2, 0.25) is 21.4 Å². The molecular formula is C19H21F3N6O4S. The topological polar surface area (TPSA) is 146 Å². The Morgan fingerprint density at radius 2 is 1.70 bits per heavy atom. The highest BCUT2D eigenvalue weighted by molar-refractivity contribution is 7.96. The molecule has 33 heavy (non-hydrogen) atoms. The molecular weight excluding hydrogens is 465 g/mol. The van der Waals surface area contributed by atoms with E-state index in [1.54, 1.807) is 4.90 Å². The third kappa shape index (κ3) is 5.50. The standard InChI is InChI=1S/C19H21F3N6O4S/c20-19(21,22)18(30,13-29)14-10-25-17(26-11-14)28-7-5-27(6-8-28)4-1-9-33(31,32)15-2-3-16(23)24-12-15/h2-3,10-12,29-30H,4-8,13H2,(H2,23,24). The molecule has 1 aliphatic rings. The molecule has 2 aromatic heterocycles. The molecule has 3 heterocycles. The highest BCUT2D eigenvalue weighted by Crippen LogP contribution is 2.38. The van der Waals surface area contributed by atoms with Gasteiger partial charge in [-0.2, -0.15) is 13.2 Å². The second-order valence-electron chi connectivity index (χ2n) is 7.25. The van der Waals surface area contributed by atoms with Crippen LogP contribution in [0.5, 0.6) is 0 Å². The fraction of sp³-hybridized carbons (Fsp3) is 0.421. The monoisotopic (exact) mass is 486 g/mol. The zero-order valence-electron chi connectivity index (χ0n) is 17.2. The van der Waals surface area contributed by atoms with E-state index in [0.29, 0.717) is 26.2 Å². The van der Waals surface area contributed by atoms with Gasteiger partial charge in [0.25, 0.3) is 0 Å². The third-order valence-corrected chi connectivity index (χ3v) is 6.32. The molecule has 0 amide bonds. The second kappa shape index (κ2) is 9.48. The number of anilines is 2. The molecule has 1 saturated heterocycles. The van der Waals surface area contributed by atoms with Gasteiger partial charge < -0.3 is 20.8 Å². The van der Waals surface area contributed by atoms with Crippen molar-refractivity contribution in [3.05, 3.63) is 36.3 Å². The number of aliphatic hydroxyl groups is 2. The van der Waals surface area contributed by atoms with Crippen LogP contribution in [0.1, 0.15) is 5.56 Å². The van der Waals surface area contributed by atoms with Gasteiger partial charge in [0.15, 0.2) is 0 Å². The Morgan fingerprint density at radius 3 is 2.21 bits per heavy atom. The van der Waals surface area contributed by atoms with Crippen LogP contribution in [0.3, 0.4) is 0 Å². The predicted molar refractivity (Wildman–Crippen MR) is 111 cm³/mol. The molecule has 1 aliphatic heterocycles. The molecule has 0 radical (unpaired) electrons. The fourth-order valence-electron chi connectivity index (χ4n) is 3.00. The van der Waals surface area contributed by atoms with Crippen molar-refractivity contribution >= 4 is 21.6 Å². The second-order valence-corrected chi connectivity index (χ2v) is 8.93. The number of aromatic nitrogens is 3. The molecule has 3 rings (SSSR count). The Hall–Kier alpha value is -2.99. The molecule has 4 N–H and O–H groups in total. The minimum Gasteiger partial charge on any atom is -0.393 e. The number of alkyl halides is 3. The number of nitrogen functional groups attached to an aromatic ring is 1. The summed E-state index contributed by atoms with van der Waals surface area (Å²) in [5.41, 5.74) is 1.34. The first-order valence-corrected chi connectivity index (χ1v) is 11.1. The van der Waals surface area contributed by atoms with Gasteiger partial charge in [0.1, 0.15) is 5.82 Å². The van der Waals surface area contributed by atoms with Crippen molar-refractivity contribution in [3.8, 4) is 11.2 Å². The first-order chi connectivity index (χ1) is 15.5. The average Bonchev–Trinajstić information content (AvgIpc) is 2.78. The highest BCUT2D eigenvalue weighted by atomic mass is 32.2. The zero-order valence-corrected chi connectivity index (χ0v) is 18.0. The van der Waals surface area contributed by atoms with Gasteiger partial charge in [-0.1, -0.05) is 5.92 Å². The number of nitrogens with zero attached hydrogens (tertiary/aromatic N) is 5. The molecule has 1 fully saturated rings. The van der Waals surface area contributed by atoms with Crippen molar-refractivity contribution in [2.24, 2.45) is 0 Å². The van der Waals surface area contributed by atoms with Gasteiger partial charge in [-0.15, -0.1) is 0 Å². The van der Waals surface area contributed by atoms with Gasteiger partial charge in [0.05, 0.1) is 18.0 Å². The van der Waals surface area contributed by atoms with Crippen LogP contribution in [-0.4, -0.2) is 84.0 Å². The SMILES string of the molecule is Nc1ccc(S(=O)(=O)C#CCN2CCN(c3ncc(C(O)(CO)C(F)(F)F)cn3)CC2)cn1. The summed E-state index contributed by atoms with van der Waals surface area (Å²) in [5.74, 6) is 3.00. The van der Waals surface area contributed by atoms with Gasteiger partial charge in [-0.3, -0.25) is 4.90 Å². The number of hydrogen-bond donors (Lipinski definition) is 3. The van der Waals surface area contributed by atoms with Gasteiger partial charge >= 0.3 is 6.18 Å². The summed E-state index contributed by atoms with van der Waals surface area (Å²) in [6.45, 7) is 0.491. The van der Waals surface area contributed by atoms with Crippen LogP contribution in [0.15, 0.2) is 35.6 Å². The van der Waals surface area contributed by atoms with Gasteiger partial charge in [-0.05, 0) is 12.1 Å². The molecule has 0 aliphatic carbocycles. The number of nitrogens with two attached hydrogens (primary N) is 1. The molecule has 1 atom stereocenters. The van der Waals surface area contributed by atoms with E-state index in [9.17, 15) is 26.7 Å². The van der Waals surface area contributed by atoms with E-state index in [2.05, 4.69) is 26.1 Å². The molecule has 10 nitrogen and oxygen atoms in total. The Bertz CT molecular complexity index is 1130. The van der Waals surface area contributed by atoms with Crippen molar-refractivity contribution in [3.63, 3.8) is 0 Å². The third-order valence-electron chi connectivity index (χ3n) is 5.05.